The second kappa shape index (κ2) is 5.31. The smallest absolute Gasteiger partial charge is 0.155 e. The Balaban J connectivity index is 1.53. The van der Waals surface area contributed by atoms with Crippen LogP contribution in [-0.4, -0.2) is 22.8 Å². The first kappa shape index (κ1) is 17.2. The van der Waals surface area contributed by atoms with Crippen LogP contribution in [0.2, 0.25) is 0 Å². The Hall–Kier alpha value is -0.960. The molecule has 7 atom stereocenters. The Morgan fingerprint density at radius 3 is 2.58 bits per heavy atom. The minimum Gasteiger partial charge on any atom is -0.393 e. The van der Waals surface area contributed by atoms with Crippen molar-refractivity contribution >= 4 is 11.6 Å². The largest absolute Gasteiger partial charge is 0.393 e. The molecule has 0 amide bonds. The third kappa shape index (κ3) is 1.99. The zero-order chi connectivity index (χ0) is 18.3. The van der Waals surface area contributed by atoms with E-state index >= 15 is 0 Å². The predicted molar refractivity (Wildman–Crippen MR) is 99.4 cm³/mol. The quantitative estimate of drug-likeness (QED) is 0.707. The summed E-state index contributed by atoms with van der Waals surface area (Å²) in [6.07, 6.45) is 11.1. The van der Waals surface area contributed by atoms with Gasteiger partial charge in [0.1, 0.15) is 5.78 Å². The fourth-order valence-electron chi connectivity index (χ4n) is 8.53. The summed E-state index contributed by atoms with van der Waals surface area (Å²) in [6.45, 7) is 4.72. The normalized spacial score (nSPS) is 53.3. The van der Waals surface area contributed by atoms with Gasteiger partial charge in [-0.05, 0) is 85.0 Å². The van der Waals surface area contributed by atoms with Crippen molar-refractivity contribution in [3.63, 3.8) is 0 Å². The molecule has 4 fully saturated rings. The van der Waals surface area contributed by atoms with Gasteiger partial charge in [0, 0.05) is 19.3 Å². The first-order valence-corrected chi connectivity index (χ1v) is 10.7. The third-order valence-corrected chi connectivity index (χ3v) is 9.85. The molecule has 0 saturated heterocycles. The number of ketones is 2. The Bertz CT molecular complexity index is 708. The van der Waals surface area contributed by atoms with Crippen LogP contribution in [0.3, 0.4) is 0 Å². The number of aliphatic hydroxyl groups is 1. The maximum absolute atomic E-state index is 12.2. The van der Waals surface area contributed by atoms with Gasteiger partial charge in [-0.3, -0.25) is 9.59 Å². The standard InChI is InChI=1S/C23H32O3/c1-21-8-5-15(24)11-14(21)3-4-17-18-7-10-23(9-6-16(25)12-23)22(18,2)13-19(26)20(17)21/h11,17-20,26H,3-10,12-13H2,1-2H3/t17?,18?,19?,20?,21-,22-,23+/m0/s1. The molecule has 0 heterocycles. The summed E-state index contributed by atoms with van der Waals surface area (Å²) in [7, 11) is 0. The summed E-state index contributed by atoms with van der Waals surface area (Å²) >= 11 is 0. The molecule has 0 aromatic rings. The molecule has 5 rings (SSSR count). The van der Waals surface area contributed by atoms with Gasteiger partial charge in [0.15, 0.2) is 5.78 Å². The van der Waals surface area contributed by atoms with Crippen LogP contribution in [0.1, 0.15) is 78.1 Å². The minimum atomic E-state index is -0.297. The van der Waals surface area contributed by atoms with Crippen LogP contribution < -0.4 is 0 Å². The molecule has 4 saturated carbocycles. The molecule has 0 aromatic heterocycles. The van der Waals surface area contributed by atoms with E-state index in [4.69, 9.17) is 0 Å². The monoisotopic (exact) mass is 356 g/mol. The zero-order valence-electron chi connectivity index (χ0n) is 16.2. The summed E-state index contributed by atoms with van der Waals surface area (Å²) in [5.41, 5.74) is 1.57. The van der Waals surface area contributed by atoms with E-state index in [1.807, 2.05) is 6.08 Å². The summed E-state index contributed by atoms with van der Waals surface area (Å²) in [6, 6.07) is 0. The highest BCUT2D eigenvalue weighted by Crippen LogP contribution is 2.72. The van der Waals surface area contributed by atoms with Crippen LogP contribution in [-0.2, 0) is 9.59 Å². The molecule has 142 valence electrons. The maximum atomic E-state index is 12.2. The van der Waals surface area contributed by atoms with Gasteiger partial charge in [-0.1, -0.05) is 19.4 Å². The lowest BCUT2D eigenvalue weighted by atomic mass is 9.44. The highest BCUT2D eigenvalue weighted by atomic mass is 16.3. The van der Waals surface area contributed by atoms with Crippen molar-refractivity contribution in [2.45, 2.75) is 84.2 Å². The Labute approximate surface area is 156 Å². The molecule has 3 heteroatoms. The van der Waals surface area contributed by atoms with E-state index in [0.29, 0.717) is 30.0 Å². The van der Waals surface area contributed by atoms with Crippen molar-refractivity contribution in [2.24, 2.45) is 34.0 Å². The van der Waals surface area contributed by atoms with E-state index in [1.54, 1.807) is 0 Å². The Morgan fingerprint density at radius 1 is 1.04 bits per heavy atom. The highest BCUT2D eigenvalue weighted by Gasteiger charge is 2.67. The molecule has 26 heavy (non-hydrogen) atoms. The molecular formula is C23H32O3. The van der Waals surface area contributed by atoms with E-state index in [0.717, 1.165) is 44.9 Å². The molecule has 4 unspecified atom stereocenters. The number of aliphatic hydroxyl groups excluding tert-OH is 1. The van der Waals surface area contributed by atoms with E-state index in [9.17, 15) is 14.7 Å². The molecule has 5 aliphatic carbocycles. The van der Waals surface area contributed by atoms with E-state index < -0.39 is 0 Å². The van der Waals surface area contributed by atoms with Gasteiger partial charge in [-0.15, -0.1) is 0 Å². The van der Waals surface area contributed by atoms with Crippen LogP contribution in [0.25, 0.3) is 0 Å². The molecule has 0 bridgehead atoms. The summed E-state index contributed by atoms with van der Waals surface area (Å²) in [5, 5.41) is 11.4. The number of rotatable bonds is 0. The van der Waals surface area contributed by atoms with Crippen molar-refractivity contribution < 1.29 is 14.7 Å². The average molecular weight is 357 g/mol. The number of carbonyl (C=O) groups is 2. The van der Waals surface area contributed by atoms with Crippen LogP contribution in [0.5, 0.6) is 0 Å². The molecule has 5 aliphatic rings. The fraction of sp³-hybridized carbons (Fsp3) is 0.826. The van der Waals surface area contributed by atoms with Crippen LogP contribution in [0.15, 0.2) is 11.6 Å². The van der Waals surface area contributed by atoms with Crippen molar-refractivity contribution in [3.05, 3.63) is 11.6 Å². The minimum absolute atomic E-state index is 0.00117. The van der Waals surface area contributed by atoms with Gasteiger partial charge >= 0.3 is 0 Å². The van der Waals surface area contributed by atoms with Crippen molar-refractivity contribution in [1.29, 1.82) is 0 Å². The van der Waals surface area contributed by atoms with Crippen molar-refractivity contribution in [3.8, 4) is 0 Å². The number of carbonyl (C=O) groups excluding carboxylic acids is 2. The van der Waals surface area contributed by atoms with Crippen LogP contribution in [0.4, 0.5) is 0 Å². The number of fused-ring (bicyclic) bond motifs is 6. The lowest BCUT2D eigenvalue weighted by Crippen LogP contribution is -2.58. The number of hydrogen-bond donors (Lipinski definition) is 1. The van der Waals surface area contributed by atoms with E-state index in [-0.39, 0.29) is 28.1 Å². The van der Waals surface area contributed by atoms with Gasteiger partial charge < -0.3 is 5.11 Å². The number of allylic oxidation sites excluding steroid dienone is 1. The first-order valence-electron chi connectivity index (χ1n) is 10.7. The number of hydrogen-bond acceptors (Lipinski definition) is 3. The molecule has 1 spiro atoms. The first-order chi connectivity index (χ1) is 12.3. The van der Waals surface area contributed by atoms with Gasteiger partial charge in [-0.2, -0.15) is 0 Å². The zero-order valence-corrected chi connectivity index (χ0v) is 16.2. The molecule has 0 radical (unpaired) electrons. The summed E-state index contributed by atoms with van der Waals surface area (Å²) in [4.78, 5) is 24.1. The highest BCUT2D eigenvalue weighted by molar-refractivity contribution is 5.91. The molecular weight excluding hydrogens is 324 g/mol. The summed E-state index contributed by atoms with van der Waals surface area (Å²) < 4.78 is 0. The lowest BCUT2D eigenvalue weighted by Gasteiger charge is -2.61. The molecule has 0 aromatic carbocycles. The topological polar surface area (TPSA) is 54.4 Å². The fourth-order valence-corrected chi connectivity index (χ4v) is 8.53. The van der Waals surface area contributed by atoms with Crippen molar-refractivity contribution in [1.82, 2.24) is 0 Å². The van der Waals surface area contributed by atoms with Gasteiger partial charge in [-0.25, -0.2) is 0 Å². The van der Waals surface area contributed by atoms with Crippen molar-refractivity contribution in [2.75, 3.05) is 0 Å². The van der Waals surface area contributed by atoms with Crippen LogP contribution >= 0.6 is 0 Å². The summed E-state index contributed by atoms with van der Waals surface area (Å²) in [5.74, 6) is 2.19. The average Bonchev–Trinajstić information content (AvgIpc) is 3.09. The lowest BCUT2D eigenvalue weighted by molar-refractivity contribution is -0.148. The predicted octanol–water partition coefficient (Wildman–Crippen LogP) is 4.23. The Kier molecular flexibility index (Phi) is 3.50. The second-order valence-electron chi connectivity index (χ2n) is 10.6. The number of Topliss-reactive ketones (excluding diaryl/α,β-unsaturated/α-hetero) is 1. The Morgan fingerprint density at radius 2 is 1.85 bits per heavy atom. The van der Waals surface area contributed by atoms with E-state index in [2.05, 4.69) is 13.8 Å². The van der Waals surface area contributed by atoms with E-state index in [1.165, 1.54) is 18.4 Å². The van der Waals surface area contributed by atoms with Gasteiger partial charge in [0.05, 0.1) is 6.10 Å². The second-order valence-corrected chi connectivity index (χ2v) is 10.6. The van der Waals surface area contributed by atoms with Gasteiger partial charge in [0.2, 0.25) is 0 Å². The molecule has 3 nitrogen and oxygen atoms in total. The molecule has 1 N–H and O–H groups in total. The van der Waals surface area contributed by atoms with Crippen LogP contribution in [0, 0.1) is 34.0 Å². The van der Waals surface area contributed by atoms with Gasteiger partial charge in [0.25, 0.3) is 0 Å². The molecule has 0 aliphatic heterocycles. The SMILES string of the molecule is C[C@]12CCC(=O)C=C1CCC1C2C(O)C[C@@]2(C)C1CC[C@@]21CCC(=O)C1. The maximum Gasteiger partial charge on any atom is 0.155 e. The third-order valence-electron chi connectivity index (χ3n) is 9.85.